The predicted octanol–water partition coefficient (Wildman–Crippen LogP) is 2.70. The Balaban J connectivity index is 1.50. The molecule has 2 aromatic carbocycles. The molecule has 0 saturated heterocycles. The first-order valence-corrected chi connectivity index (χ1v) is 8.33. The minimum atomic E-state index is -0.120. The van der Waals surface area contributed by atoms with Crippen molar-refractivity contribution in [2.24, 2.45) is 0 Å². The molecule has 4 nitrogen and oxygen atoms in total. The monoisotopic (exact) mass is 322 g/mol. The second kappa shape index (κ2) is 7.30. The lowest BCUT2D eigenvalue weighted by Crippen LogP contribution is -2.38. The number of amides is 2. The van der Waals surface area contributed by atoms with Crippen molar-refractivity contribution in [3.05, 3.63) is 70.8 Å². The van der Waals surface area contributed by atoms with Gasteiger partial charge >= 0.3 is 0 Å². The van der Waals surface area contributed by atoms with Crippen molar-refractivity contribution in [3.63, 3.8) is 0 Å². The largest absolute Gasteiger partial charge is 0.352 e. The number of carbonyl (C=O) groups is 2. The molecule has 0 spiro atoms. The maximum atomic E-state index is 12.4. The molecular weight excluding hydrogens is 300 g/mol. The first-order chi connectivity index (χ1) is 11.6. The van der Waals surface area contributed by atoms with Gasteiger partial charge in [-0.25, -0.2) is 0 Å². The fourth-order valence-corrected chi connectivity index (χ4v) is 3.07. The third kappa shape index (κ3) is 3.65. The van der Waals surface area contributed by atoms with Crippen molar-refractivity contribution in [1.29, 1.82) is 0 Å². The second-order valence-electron chi connectivity index (χ2n) is 6.15. The normalized spacial score (nSPS) is 13.3. The molecule has 1 aliphatic rings. The smallest absolute Gasteiger partial charge is 0.251 e. The molecule has 2 amide bonds. The van der Waals surface area contributed by atoms with Gasteiger partial charge in [-0.3, -0.25) is 9.59 Å². The van der Waals surface area contributed by atoms with E-state index >= 15 is 0 Å². The standard InChI is InChI=1S/C20H22N2O2/c1-15-6-2-5-9-18(15)20(24)21-12-10-19(23)22-13-11-16-7-3-4-8-17(16)14-22/h2-9H,10-14H2,1H3,(H,21,24). The summed E-state index contributed by atoms with van der Waals surface area (Å²) < 4.78 is 0. The molecule has 0 atom stereocenters. The van der Waals surface area contributed by atoms with Crippen LogP contribution >= 0.6 is 0 Å². The van der Waals surface area contributed by atoms with Crippen LogP contribution in [0.1, 0.15) is 33.5 Å². The number of rotatable bonds is 4. The Morgan fingerprint density at radius 2 is 1.75 bits per heavy atom. The van der Waals surface area contributed by atoms with Crippen LogP contribution < -0.4 is 5.32 Å². The molecule has 0 aromatic heterocycles. The van der Waals surface area contributed by atoms with Crippen LogP contribution in [0.4, 0.5) is 0 Å². The molecule has 0 bridgehead atoms. The zero-order valence-electron chi connectivity index (χ0n) is 13.9. The number of nitrogens with zero attached hydrogens (tertiary/aromatic N) is 1. The Morgan fingerprint density at radius 3 is 2.54 bits per heavy atom. The zero-order chi connectivity index (χ0) is 16.9. The molecule has 24 heavy (non-hydrogen) atoms. The summed E-state index contributed by atoms with van der Waals surface area (Å²) in [5.41, 5.74) is 4.15. The summed E-state index contributed by atoms with van der Waals surface area (Å²) >= 11 is 0. The van der Waals surface area contributed by atoms with Crippen molar-refractivity contribution in [2.75, 3.05) is 13.1 Å². The Bertz CT molecular complexity index is 755. The summed E-state index contributed by atoms with van der Waals surface area (Å²) in [6, 6.07) is 15.7. The van der Waals surface area contributed by atoms with Crippen LogP contribution in [0.2, 0.25) is 0 Å². The number of benzene rings is 2. The van der Waals surface area contributed by atoms with E-state index in [4.69, 9.17) is 0 Å². The molecule has 1 N–H and O–H groups in total. The first-order valence-electron chi connectivity index (χ1n) is 8.33. The van der Waals surface area contributed by atoms with E-state index in [1.54, 1.807) is 6.07 Å². The van der Waals surface area contributed by atoms with E-state index in [0.29, 0.717) is 25.1 Å². The quantitative estimate of drug-likeness (QED) is 0.941. The lowest BCUT2D eigenvalue weighted by Gasteiger charge is -2.29. The van der Waals surface area contributed by atoms with E-state index in [-0.39, 0.29) is 11.8 Å². The van der Waals surface area contributed by atoms with Gasteiger partial charge in [-0.05, 0) is 36.1 Å². The Labute approximate surface area is 142 Å². The molecule has 124 valence electrons. The topological polar surface area (TPSA) is 49.4 Å². The molecule has 0 unspecified atom stereocenters. The van der Waals surface area contributed by atoms with Gasteiger partial charge in [0.15, 0.2) is 0 Å². The maximum Gasteiger partial charge on any atom is 0.251 e. The minimum absolute atomic E-state index is 0.0922. The van der Waals surface area contributed by atoms with Gasteiger partial charge in [0.25, 0.3) is 5.91 Å². The third-order valence-electron chi connectivity index (χ3n) is 4.50. The van der Waals surface area contributed by atoms with Crippen molar-refractivity contribution in [1.82, 2.24) is 10.2 Å². The van der Waals surface area contributed by atoms with E-state index in [1.165, 1.54) is 11.1 Å². The van der Waals surface area contributed by atoms with E-state index in [9.17, 15) is 9.59 Å². The molecule has 1 heterocycles. The minimum Gasteiger partial charge on any atom is -0.352 e. The summed E-state index contributed by atoms with van der Waals surface area (Å²) in [4.78, 5) is 26.4. The molecule has 1 aliphatic heterocycles. The highest BCUT2D eigenvalue weighted by molar-refractivity contribution is 5.95. The number of hydrogen-bond donors (Lipinski definition) is 1. The van der Waals surface area contributed by atoms with Gasteiger partial charge in [-0.1, -0.05) is 42.5 Å². The van der Waals surface area contributed by atoms with Crippen molar-refractivity contribution < 1.29 is 9.59 Å². The average molecular weight is 322 g/mol. The molecule has 2 aromatic rings. The third-order valence-corrected chi connectivity index (χ3v) is 4.50. The number of hydrogen-bond acceptors (Lipinski definition) is 2. The first kappa shape index (κ1) is 16.2. The molecule has 4 heteroatoms. The number of nitrogens with one attached hydrogen (secondary N) is 1. The summed E-state index contributed by atoms with van der Waals surface area (Å²) in [7, 11) is 0. The SMILES string of the molecule is Cc1ccccc1C(=O)NCCC(=O)N1CCc2ccccc2C1. The highest BCUT2D eigenvalue weighted by Crippen LogP contribution is 2.18. The fraction of sp³-hybridized carbons (Fsp3) is 0.300. The van der Waals surface area contributed by atoms with Crippen molar-refractivity contribution in [3.8, 4) is 0 Å². The van der Waals surface area contributed by atoms with Gasteiger partial charge in [0.05, 0.1) is 0 Å². The summed E-state index contributed by atoms with van der Waals surface area (Å²) in [5.74, 6) is -0.0283. The van der Waals surface area contributed by atoms with Gasteiger partial charge < -0.3 is 10.2 Å². The van der Waals surface area contributed by atoms with Gasteiger partial charge in [0.1, 0.15) is 0 Å². The predicted molar refractivity (Wildman–Crippen MR) is 93.7 cm³/mol. The zero-order valence-corrected chi connectivity index (χ0v) is 13.9. The Hall–Kier alpha value is -2.62. The highest BCUT2D eigenvalue weighted by atomic mass is 16.2. The number of aryl methyl sites for hydroxylation is 1. The lowest BCUT2D eigenvalue weighted by molar-refractivity contribution is -0.131. The fourth-order valence-electron chi connectivity index (χ4n) is 3.07. The van der Waals surface area contributed by atoms with Crippen LogP contribution in [-0.4, -0.2) is 29.8 Å². The van der Waals surface area contributed by atoms with Crippen LogP contribution in [0, 0.1) is 6.92 Å². The molecule has 0 radical (unpaired) electrons. The van der Waals surface area contributed by atoms with Crippen molar-refractivity contribution >= 4 is 11.8 Å². The van der Waals surface area contributed by atoms with Crippen molar-refractivity contribution in [2.45, 2.75) is 26.3 Å². The van der Waals surface area contributed by atoms with E-state index in [0.717, 1.165) is 18.5 Å². The molecule has 0 fully saturated rings. The number of carbonyl (C=O) groups excluding carboxylic acids is 2. The van der Waals surface area contributed by atoms with Crippen LogP contribution in [0.15, 0.2) is 48.5 Å². The molecule has 3 rings (SSSR count). The second-order valence-corrected chi connectivity index (χ2v) is 6.15. The summed E-state index contributed by atoms with van der Waals surface area (Å²) in [6.45, 7) is 3.69. The molecular formula is C20H22N2O2. The number of fused-ring (bicyclic) bond motifs is 1. The van der Waals surface area contributed by atoms with Crippen LogP contribution in [0.3, 0.4) is 0 Å². The highest BCUT2D eigenvalue weighted by Gasteiger charge is 2.20. The van der Waals surface area contributed by atoms with Gasteiger partial charge in [0, 0.05) is 31.6 Å². The van der Waals surface area contributed by atoms with E-state index < -0.39 is 0 Å². The Kier molecular flexibility index (Phi) is 4.94. The van der Waals surface area contributed by atoms with E-state index in [2.05, 4.69) is 17.4 Å². The van der Waals surface area contributed by atoms with Gasteiger partial charge in [-0.2, -0.15) is 0 Å². The van der Waals surface area contributed by atoms with Gasteiger partial charge in [-0.15, -0.1) is 0 Å². The van der Waals surface area contributed by atoms with Gasteiger partial charge in [0.2, 0.25) is 5.91 Å². The molecule has 0 saturated carbocycles. The van der Waals surface area contributed by atoms with Crippen LogP contribution in [-0.2, 0) is 17.8 Å². The van der Waals surface area contributed by atoms with Crippen LogP contribution in [0.25, 0.3) is 0 Å². The Morgan fingerprint density at radius 1 is 1.04 bits per heavy atom. The van der Waals surface area contributed by atoms with Crippen LogP contribution in [0.5, 0.6) is 0 Å². The lowest BCUT2D eigenvalue weighted by atomic mass is 10.00. The average Bonchev–Trinajstić information content (AvgIpc) is 2.61. The molecule has 0 aliphatic carbocycles. The maximum absolute atomic E-state index is 12.4. The summed E-state index contributed by atoms with van der Waals surface area (Å²) in [6.07, 6.45) is 1.23. The summed E-state index contributed by atoms with van der Waals surface area (Å²) in [5, 5.41) is 2.84. The van der Waals surface area contributed by atoms with E-state index in [1.807, 2.05) is 42.2 Å².